The average Bonchev–Trinajstić information content (AvgIpc) is 2.77. The summed E-state index contributed by atoms with van der Waals surface area (Å²) in [5, 5.41) is 8.88. The van der Waals surface area contributed by atoms with Crippen LogP contribution in [0.15, 0.2) is 72.8 Å². The van der Waals surface area contributed by atoms with Gasteiger partial charge in [-0.05, 0) is 60.1 Å². The van der Waals surface area contributed by atoms with Crippen LogP contribution in [0.5, 0.6) is 0 Å². The van der Waals surface area contributed by atoms with Gasteiger partial charge in [0, 0.05) is 17.7 Å². The highest BCUT2D eigenvalue weighted by atomic mass is 35.5. The molecule has 158 valence electrons. The summed E-state index contributed by atoms with van der Waals surface area (Å²) in [6.45, 7) is 1.94. The molecule has 0 bridgehead atoms. The molecule has 0 fully saturated rings. The SMILES string of the molecule is CCCC(=O)Nc1ccc(Cl)c(NC(=S)NC(=O)c2ccc(-c3ccccc3)cc2)c1. The summed E-state index contributed by atoms with van der Waals surface area (Å²) in [6, 6.07) is 22.2. The second-order valence-electron chi connectivity index (χ2n) is 6.84. The number of benzene rings is 3. The Morgan fingerprint density at radius 2 is 1.58 bits per heavy atom. The number of anilines is 2. The third kappa shape index (κ3) is 6.38. The first-order valence-electron chi connectivity index (χ1n) is 9.83. The molecular weight excluding hydrogens is 430 g/mol. The van der Waals surface area contributed by atoms with Crippen molar-refractivity contribution < 1.29 is 9.59 Å². The van der Waals surface area contributed by atoms with Crippen LogP contribution in [0.1, 0.15) is 30.1 Å². The number of nitrogens with one attached hydrogen (secondary N) is 3. The van der Waals surface area contributed by atoms with Gasteiger partial charge in [-0.2, -0.15) is 0 Å². The predicted octanol–water partition coefficient (Wildman–Crippen LogP) is 5.87. The fraction of sp³-hybridized carbons (Fsp3) is 0.125. The first-order valence-corrected chi connectivity index (χ1v) is 10.6. The predicted molar refractivity (Wildman–Crippen MR) is 131 cm³/mol. The molecule has 0 aliphatic rings. The summed E-state index contributed by atoms with van der Waals surface area (Å²) < 4.78 is 0. The molecule has 0 aliphatic carbocycles. The Balaban J connectivity index is 1.62. The van der Waals surface area contributed by atoms with Gasteiger partial charge in [0.05, 0.1) is 10.7 Å². The van der Waals surface area contributed by atoms with Crippen molar-refractivity contribution in [3.8, 4) is 11.1 Å². The Morgan fingerprint density at radius 3 is 2.26 bits per heavy atom. The smallest absolute Gasteiger partial charge is 0.257 e. The van der Waals surface area contributed by atoms with Crippen molar-refractivity contribution >= 4 is 52.1 Å². The normalized spacial score (nSPS) is 10.3. The van der Waals surface area contributed by atoms with E-state index in [9.17, 15) is 9.59 Å². The summed E-state index contributed by atoms with van der Waals surface area (Å²) in [6.07, 6.45) is 1.19. The number of carbonyl (C=O) groups is 2. The third-order valence-electron chi connectivity index (χ3n) is 4.46. The van der Waals surface area contributed by atoms with E-state index in [0.717, 1.165) is 17.5 Å². The van der Waals surface area contributed by atoms with Crippen molar-refractivity contribution in [3.05, 3.63) is 83.4 Å². The van der Waals surface area contributed by atoms with Gasteiger partial charge in [0.25, 0.3) is 5.91 Å². The molecule has 0 aromatic heterocycles. The van der Waals surface area contributed by atoms with Crippen molar-refractivity contribution in [1.82, 2.24) is 5.32 Å². The van der Waals surface area contributed by atoms with E-state index >= 15 is 0 Å². The minimum Gasteiger partial charge on any atom is -0.331 e. The standard InChI is InChI=1S/C24H22ClN3O2S/c1-2-6-22(29)26-19-13-14-20(25)21(15-19)27-24(31)28-23(30)18-11-9-17(10-12-18)16-7-4-3-5-8-16/h3-5,7-15H,2,6H2,1H3,(H,26,29)(H2,27,28,30,31). The van der Waals surface area contributed by atoms with E-state index in [0.29, 0.717) is 28.4 Å². The van der Waals surface area contributed by atoms with Crippen LogP contribution in [0.4, 0.5) is 11.4 Å². The lowest BCUT2D eigenvalue weighted by molar-refractivity contribution is -0.116. The molecular formula is C24H22ClN3O2S. The lowest BCUT2D eigenvalue weighted by Crippen LogP contribution is -2.34. The third-order valence-corrected chi connectivity index (χ3v) is 4.99. The maximum Gasteiger partial charge on any atom is 0.257 e. The minimum absolute atomic E-state index is 0.0781. The van der Waals surface area contributed by atoms with Crippen LogP contribution >= 0.6 is 23.8 Å². The molecule has 2 amide bonds. The van der Waals surface area contributed by atoms with E-state index in [4.69, 9.17) is 23.8 Å². The van der Waals surface area contributed by atoms with Crippen LogP contribution < -0.4 is 16.0 Å². The monoisotopic (exact) mass is 451 g/mol. The maximum atomic E-state index is 12.5. The van der Waals surface area contributed by atoms with Crippen molar-refractivity contribution in [2.75, 3.05) is 10.6 Å². The molecule has 0 saturated carbocycles. The minimum atomic E-state index is -0.333. The zero-order valence-electron chi connectivity index (χ0n) is 16.9. The van der Waals surface area contributed by atoms with Gasteiger partial charge < -0.3 is 10.6 Å². The van der Waals surface area contributed by atoms with Crippen molar-refractivity contribution in [2.45, 2.75) is 19.8 Å². The number of carbonyl (C=O) groups excluding carboxylic acids is 2. The molecule has 3 rings (SSSR count). The van der Waals surface area contributed by atoms with Crippen LogP contribution in [0.2, 0.25) is 5.02 Å². The molecule has 0 spiro atoms. The number of hydrogen-bond donors (Lipinski definition) is 3. The maximum absolute atomic E-state index is 12.5. The fourth-order valence-corrected chi connectivity index (χ4v) is 3.29. The molecule has 3 aromatic carbocycles. The Kier molecular flexibility index (Phi) is 7.76. The lowest BCUT2D eigenvalue weighted by atomic mass is 10.0. The van der Waals surface area contributed by atoms with E-state index in [1.54, 1.807) is 30.3 Å². The van der Waals surface area contributed by atoms with Crippen LogP contribution in [0.3, 0.4) is 0 Å². The molecule has 3 N–H and O–H groups in total. The van der Waals surface area contributed by atoms with Gasteiger partial charge in [0.15, 0.2) is 5.11 Å². The molecule has 5 nitrogen and oxygen atoms in total. The highest BCUT2D eigenvalue weighted by Gasteiger charge is 2.11. The number of hydrogen-bond acceptors (Lipinski definition) is 3. The highest BCUT2D eigenvalue weighted by Crippen LogP contribution is 2.26. The molecule has 3 aromatic rings. The van der Waals surface area contributed by atoms with Gasteiger partial charge in [-0.15, -0.1) is 0 Å². The van der Waals surface area contributed by atoms with Crippen LogP contribution in [-0.4, -0.2) is 16.9 Å². The molecule has 0 unspecified atom stereocenters. The second kappa shape index (κ2) is 10.7. The fourth-order valence-electron chi connectivity index (χ4n) is 2.92. The number of halogens is 1. The molecule has 7 heteroatoms. The van der Waals surface area contributed by atoms with Gasteiger partial charge in [0.2, 0.25) is 5.91 Å². The average molecular weight is 452 g/mol. The second-order valence-corrected chi connectivity index (χ2v) is 7.66. The topological polar surface area (TPSA) is 70.2 Å². The van der Waals surface area contributed by atoms with Gasteiger partial charge in [-0.3, -0.25) is 14.9 Å². The number of amides is 2. The summed E-state index contributed by atoms with van der Waals surface area (Å²) in [4.78, 5) is 24.3. The number of thiocarbonyl (C=S) groups is 1. The Labute approximate surface area is 191 Å². The first kappa shape index (κ1) is 22.5. The zero-order valence-corrected chi connectivity index (χ0v) is 18.5. The van der Waals surface area contributed by atoms with Gasteiger partial charge >= 0.3 is 0 Å². The quantitative estimate of drug-likeness (QED) is 0.410. The van der Waals surface area contributed by atoms with Crippen molar-refractivity contribution in [2.24, 2.45) is 0 Å². The van der Waals surface area contributed by atoms with E-state index in [2.05, 4.69) is 16.0 Å². The molecule has 31 heavy (non-hydrogen) atoms. The Hall–Kier alpha value is -3.22. The van der Waals surface area contributed by atoms with E-state index in [1.807, 2.05) is 49.4 Å². The first-order chi connectivity index (χ1) is 15.0. The Bertz CT molecular complexity index is 1090. The number of rotatable bonds is 6. The van der Waals surface area contributed by atoms with Gasteiger partial charge in [-0.25, -0.2) is 0 Å². The van der Waals surface area contributed by atoms with Gasteiger partial charge in [0.1, 0.15) is 0 Å². The zero-order chi connectivity index (χ0) is 22.2. The van der Waals surface area contributed by atoms with Crippen LogP contribution in [-0.2, 0) is 4.79 Å². The van der Waals surface area contributed by atoms with Gasteiger partial charge in [-0.1, -0.05) is 61.0 Å². The van der Waals surface area contributed by atoms with Crippen LogP contribution in [0, 0.1) is 0 Å². The van der Waals surface area contributed by atoms with E-state index < -0.39 is 0 Å². The molecule has 0 saturated heterocycles. The van der Waals surface area contributed by atoms with E-state index in [-0.39, 0.29) is 16.9 Å². The van der Waals surface area contributed by atoms with Crippen LogP contribution in [0.25, 0.3) is 11.1 Å². The summed E-state index contributed by atoms with van der Waals surface area (Å²) in [7, 11) is 0. The van der Waals surface area contributed by atoms with E-state index in [1.165, 1.54) is 0 Å². The summed E-state index contributed by atoms with van der Waals surface area (Å²) >= 11 is 11.5. The summed E-state index contributed by atoms with van der Waals surface area (Å²) in [5.41, 5.74) is 3.66. The largest absolute Gasteiger partial charge is 0.331 e. The highest BCUT2D eigenvalue weighted by molar-refractivity contribution is 7.80. The lowest BCUT2D eigenvalue weighted by Gasteiger charge is -2.13. The molecule has 0 heterocycles. The Morgan fingerprint density at radius 1 is 0.903 bits per heavy atom. The molecule has 0 atom stereocenters. The summed E-state index contributed by atoms with van der Waals surface area (Å²) in [5.74, 6) is -0.411. The van der Waals surface area contributed by atoms with Crippen molar-refractivity contribution in [3.63, 3.8) is 0 Å². The van der Waals surface area contributed by atoms with Crippen molar-refractivity contribution in [1.29, 1.82) is 0 Å². The molecule has 0 radical (unpaired) electrons. The molecule has 0 aliphatic heterocycles.